The normalized spacial score (nSPS) is 40.1. The van der Waals surface area contributed by atoms with Crippen LogP contribution in [-0.4, -0.2) is 61.0 Å². The monoisotopic (exact) mass is 291 g/mol. The van der Waals surface area contributed by atoms with Crippen molar-refractivity contribution >= 4 is 5.91 Å². The molecule has 4 unspecified atom stereocenters. The number of hydrogen-bond donors (Lipinski definition) is 1. The Hall–Kier alpha value is -0.610. The number of rotatable bonds is 3. The maximum absolute atomic E-state index is 12.6. The summed E-state index contributed by atoms with van der Waals surface area (Å²) in [6, 6.07) is 0.621. The van der Waals surface area contributed by atoms with Gasteiger partial charge in [-0.2, -0.15) is 0 Å². The first-order valence-corrected chi connectivity index (χ1v) is 9.02. The van der Waals surface area contributed by atoms with Crippen LogP contribution in [0.4, 0.5) is 0 Å². The van der Waals surface area contributed by atoms with E-state index in [0.717, 1.165) is 63.4 Å². The van der Waals surface area contributed by atoms with Crippen molar-refractivity contribution in [1.29, 1.82) is 0 Å². The first-order chi connectivity index (χ1) is 10.3. The van der Waals surface area contributed by atoms with Gasteiger partial charge in [-0.25, -0.2) is 0 Å². The van der Waals surface area contributed by atoms with E-state index in [9.17, 15) is 4.79 Å². The molecule has 2 aliphatic heterocycles. The molecule has 1 N–H and O–H groups in total. The van der Waals surface area contributed by atoms with Crippen LogP contribution < -0.4 is 5.32 Å². The van der Waals surface area contributed by atoms with Gasteiger partial charge in [0.25, 0.3) is 0 Å². The van der Waals surface area contributed by atoms with Crippen molar-refractivity contribution in [2.75, 3.05) is 39.3 Å². The fourth-order valence-electron chi connectivity index (χ4n) is 5.29. The fourth-order valence-corrected chi connectivity index (χ4v) is 5.29. The third-order valence-corrected chi connectivity index (χ3v) is 6.51. The third kappa shape index (κ3) is 2.85. The van der Waals surface area contributed by atoms with Crippen LogP contribution in [0.3, 0.4) is 0 Å². The van der Waals surface area contributed by atoms with Gasteiger partial charge in [0.05, 0.1) is 0 Å². The standard InChI is InChI=1S/C17H29N3O/c21-17(11-15-10-13-1-2-14(15)9-13)20-6-3-16(12-20)19-7-4-18-5-8-19/h13-16,18H,1-12H2. The van der Waals surface area contributed by atoms with Crippen molar-refractivity contribution in [2.45, 2.75) is 44.6 Å². The topological polar surface area (TPSA) is 35.6 Å². The molecule has 1 amide bonds. The summed E-state index contributed by atoms with van der Waals surface area (Å²) in [5.74, 6) is 3.00. The molecule has 4 heteroatoms. The minimum absolute atomic E-state index is 0.449. The van der Waals surface area contributed by atoms with Crippen LogP contribution in [0.5, 0.6) is 0 Å². The van der Waals surface area contributed by atoms with Crippen LogP contribution in [0.1, 0.15) is 38.5 Å². The average molecular weight is 291 g/mol. The smallest absolute Gasteiger partial charge is 0.222 e. The highest BCUT2D eigenvalue weighted by atomic mass is 16.2. The molecule has 0 aromatic heterocycles. The Morgan fingerprint density at radius 1 is 1.05 bits per heavy atom. The van der Waals surface area contributed by atoms with E-state index in [1.54, 1.807) is 0 Å². The number of hydrogen-bond acceptors (Lipinski definition) is 3. The Morgan fingerprint density at radius 3 is 2.62 bits per heavy atom. The molecule has 4 aliphatic rings. The second-order valence-corrected chi connectivity index (χ2v) is 7.71. The molecule has 0 spiro atoms. The summed E-state index contributed by atoms with van der Waals surface area (Å²) in [4.78, 5) is 17.4. The van der Waals surface area contributed by atoms with Crippen LogP contribution >= 0.6 is 0 Å². The van der Waals surface area contributed by atoms with Gasteiger partial charge in [0.2, 0.25) is 5.91 Å². The maximum Gasteiger partial charge on any atom is 0.222 e. The number of nitrogens with zero attached hydrogens (tertiary/aromatic N) is 2. The maximum atomic E-state index is 12.6. The Morgan fingerprint density at radius 2 is 1.90 bits per heavy atom. The fraction of sp³-hybridized carbons (Fsp3) is 0.941. The predicted octanol–water partition coefficient (Wildman–Crippen LogP) is 1.32. The Balaban J connectivity index is 1.28. The van der Waals surface area contributed by atoms with Gasteiger partial charge >= 0.3 is 0 Å². The van der Waals surface area contributed by atoms with Crippen LogP contribution in [0.2, 0.25) is 0 Å². The molecule has 2 saturated heterocycles. The van der Waals surface area contributed by atoms with Crippen molar-refractivity contribution in [3.8, 4) is 0 Å². The minimum atomic E-state index is 0.449. The molecule has 2 saturated carbocycles. The van der Waals surface area contributed by atoms with Crippen LogP contribution in [0.25, 0.3) is 0 Å². The van der Waals surface area contributed by atoms with Crippen molar-refractivity contribution in [3.63, 3.8) is 0 Å². The summed E-state index contributed by atoms with van der Waals surface area (Å²) in [5, 5.41) is 3.41. The molecular formula is C17H29N3O. The molecule has 4 fully saturated rings. The zero-order valence-electron chi connectivity index (χ0n) is 13.1. The van der Waals surface area contributed by atoms with E-state index in [4.69, 9.17) is 0 Å². The molecule has 0 aromatic carbocycles. The van der Waals surface area contributed by atoms with E-state index in [2.05, 4.69) is 15.1 Å². The summed E-state index contributed by atoms with van der Waals surface area (Å²) in [7, 11) is 0. The lowest BCUT2D eigenvalue weighted by Crippen LogP contribution is -2.49. The van der Waals surface area contributed by atoms with Crippen LogP contribution in [0.15, 0.2) is 0 Å². The number of carbonyl (C=O) groups is 1. The zero-order chi connectivity index (χ0) is 14.2. The highest BCUT2D eigenvalue weighted by Crippen LogP contribution is 2.49. The third-order valence-electron chi connectivity index (χ3n) is 6.51. The second kappa shape index (κ2) is 5.88. The number of nitrogens with one attached hydrogen (secondary N) is 1. The van der Waals surface area contributed by atoms with Gasteiger partial charge in [-0.3, -0.25) is 9.69 Å². The van der Waals surface area contributed by atoms with Gasteiger partial charge in [-0.1, -0.05) is 6.42 Å². The van der Waals surface area contributed by atoms with Crippen molar-refractivity contribution in [1.82, 2.24) is 15.1 Å². The quantitative estimate of drug-likeness (QED) is 0.852. The van der Waals surface area contributed by atoms with Crippen molar-refractivity contribution < 1.29 is 4.79 Å². The first kappa shape index (κ1) is 14.0. The van der Waals surface area contributed by atoms with E-state index in [1.165, 1.54) is 32.1 Å². The molecule has 0 radical (unpaired) electrons. The molecule has 4 nitrogen and oxygen atoms in total. The lowest BCUT2D eigenvalue weighted by molar-refractivity contribution is -0.131. The Bertz CT molecular complexity index is 393. The first-order valence-electron chi connectivity index (χ1n) is 9.02. The molecule has 4 atom stereocenters. The van der Waals surface area contributed by atoms with E-state index < -0.39 is 0 Å². The molecule has 4 rings (SSSR count). The van der Waals surface area contributed by atoms with Crippen LogP contribution in [-0.2, 0) is 4.79 Å². The molecule has 2 aliphatic carbocycles. The summed E-state index contributed by atoms with van der Waals surface area (Å²) >= 11 is 0. The SMILES string of the molecule is O=C(CC1CC2CCC1C2)N1CCC(N2CCNCC2)C1. The van der Waals surface area contributed by atoms with Gasteiger partial charge in [0, 0.05) is 51.7 Å². The lowest BCUT2D eigenvalue weighted by atomic mass is 9.86. The number of likely N-dealkylation sites (tertiary alicyclic amines) is 1. The van der Waals surface area contributed by atoms with Gasteiger partial charge in [0.1, 0.15) is 0 Å². The van der Waals surface area contributed by atoms with Crippen molar-refractivity contribution in [2.24, 2.45) is 17.8 Å². The number of fused-ring (bicyclic) bond motifs is 2. The Kier molecular flexibility index (Phi) is 3.92. The number of carbonyl (C=O) groups excluding carboxylic acids is 1. The molecule has 2 heterocycles. The average Bonchev–Trinajstić information content (AvgIpc) is 3.24. The Labute approximate surface area is 128 Å². The summed E-state index contributed by atoms with van der Waals surface area (Å²) < 4.78 is 0. The lowest BCUT2D eigenvalue weighted by Gasteiger charge is -2.32. The summed E-state index contributed by atoms with van der Waals surface area (Å²) in [5.41, 5.74) is 0. The largest absolute Gasteiger partial charge is 0.341 e. The van der Waals surface area contributed by atoms with Gasteiger partial charge < -0.3 is 10.2 Å². The predicted molar refractivity (Wildman–Crippen MR) is 83.0 cm³/mol. The number of piperazine rings is 1. The second-order valence-electron chi connectivity index (χ2n) is 7.71. The van der Waals surface area contributed by atoms with Crippen molar-refractivity contribution in [3.05, 3.63) is 0 Å². The van der Waals surface area contributed by atoms with Gasteiger partial charge in [-0.15, -0.1) is 0 Å². The summed E-state index contributed by atoms with van der Waals surface area (Å²) in [6.07, 6.45) is 7.61. The molecule has 2 bridgehead atoms. The van der Waals surface area contributed by atoms with Gasteiger partial charge in [0.15, 0.2) is 0 Å². The van der Waals surface area contributed by atoms with E-state index in [0.29, 0.717) is 11.9 Å². The van der Waals surface area contributed by atoms with E-state index >= 15 is 0 Å². The summed E-state index contributed by atoms with van der Waals surface area (Å²) in [6.45, 7) is 6.50. The zero-order valence-corrected chi connectivity index (χ0v) is 13.1. The number of amides is 1. The highest BCUT2D eigenvalue weighted by Gasteiger charge is 2.41. The highest BCUT2D eigenvalue weighted by molar-refractivity contribution is 5.77. The van der Waals surface area contributed by atoms with E-state index in [1.807, 2.05) is 0 Å². The molecule has 118 valence electrons. The molecule has 21 heavy (non-hydrogen) atoms. The minimum Gasteiger partial charge on any atom is -0.341 e. The van der Waals surface area contributed by atoms with E-state index in [-0.39, 0.29) is 0 Å². The van der Waals surface area contributed by atoms with Crippen LogP contribution in [0, 0.1) is 17.8 Å². The molecule has 0 aromatic rings. The molecular weight excluding hydrogens is 262 g/mol. The van der Waals surface area contributed by atoms with Gasteiger partial charge in [-0.05, 0) is 43.4 Å².